The first-order valence-corrected chi connectivity index (χ1v) is 7.50. The molecule has 0 amide bonds. The molecule has 0 atom stereocenters. The molecule has 0 saturated carbocycles. The minimum atomic E-state index is 0.424. The number of nitrogens with one attached hydrogen (secondary N) is 2. The van der Waals surface area contributed by atoms with Crippen molar-refractivity contribution in [3.05, 3.63) is 35.5 Å². The van der Waals surface area contributed by atoms with Crippen LogP contribution >= 0.6 is 11.3 Å². The minimum Gasteiger partial charge on any atom is -0.406 e. The predicted molar refractivity (Wildman–Crippen MR) is 81.4 cm³/mol. The predicted octanol–water partition coefficient (Wildman–Crippen LogP) is 3.53. The molecule has 6 heteroatoms. The minimum absolute atomic E-state index is 0.424. The van der Waals surface area contributed by atoms with Gasteiger partial charge in [0.05, 0.1) is 6.54 Å². The van der Waals surface area contributed by atoms with E-state index in [2.05, 4.69) is 51.3 Å². The van der Waals surface area contributed by atoms with Crippen molar-refractivity contribution in [1.82, 2.24) is 15.5 Å². The van der Waals surface area contributed by atoms with Crippen molar-refractivity contribution in [2.24, 2.45) is 0 Å². The van der Waals surface area contributed by atoms with Crippen LogP contribution in [0, 0.1) is 0 Å². The fraction of sp³-hybridized carbons (Fsp3) is 0.286. The maximum absolute atomic E-state index is 5.53. The summed E-state index contributed by atoms with van der Waals surface area (Å²) in [6.45, 7) is 3.67. The summed E-state index contributed by atoms with van der Waals surface area (Å²) < 4.78 is 6.80. The van der Waals surface area contributed by atoms with Crippen LogP contribution in [0.25, 0.3) is 10.1 Å². The molecular formula is C14H16N4OS. The molecule has 0 aliphatic heterocycles. The lowest BCUT2D eigenvalue weighted by Gasteiger charge is -2.01. The van der Waals surface area contributed by atoms with E-state index in [1.54, 1.807) is 11.3 Å². The van der Waals surface area contributed by atoms with Crippen molar-refractivity contribution in [2.75, 3.05) is 11.9 Å². The van der Waals surface area contributed by atoms with E-state index in [4.69, 9.17) is 4.42 Å². The van der Waals surface area contributed by atoms with Crippen LogP contribution in [0.5, 0.6) is 0 Å². The van der Waals surface area contributed by atoms with Crippen LogP contribution in [-0.4, -0.2) is 16.7 Å². The van der Waals surface area contributed by atoms with Gasteiger partial charge in [-0.25, -0.2) is 0 Å². The molecule has 0 radical (unpaired) electrons. The normalized spacial score (nSPS) is 11.1. The molecule has 0 bridgehead atoms. The van der Waals surface area contributed by atoms with Gasteiger partial charge >= 0.3 is 6.01 Å². The van der Waals surface area contributed by atoms with E-state index in [1.807, 2.05) is 6.07 Å². The quantitative estimate of drug-likeness (QED) is 0.679. The summed E-state index contributed by atoms with van der Waals surface area (Å²) in [5, 5.41) is 17.6. The summed E-state index contributed by atoms with van der Waals surface area (Å²) in [5.74, 6) is 0.595. The lowest BCUT2D eigenvalue weighted by molar-refractivity contribution is 0.479. The summed E-state index contributed by atoms with van der Waals surface area (Å²) in [5.41, 5.74) is 0.951. The molecule has 0 aliphatic rings. The molecule has 0 saturated heterocycles. The van der Waals surface area contributed by atoms with Crippen LogP contribution < -0.4 is 10.6 Å². The van der Waals surface area contributed by atoms with Gasteiger partial charge in [0.2, 0.25) is 5.89 Å². The first-order chi connectivity index (χ1) is 9.85. The topological polar surface area (TPSA) is 63.0 Å². The van der Waals surface area contributed by atoms with Gasteiger partial charge in [0.15, 0.2) is 0 Å². The number of hydrogen-bond acceptors (Lipinski definition) is 6. The van der Waals surface area contributed by atoms with Crippen LogP contribution in [0.4, 0.5) is 11.7 Å². The van der Waals surface area contributed by atoms with Crippen LogP contribution in [-0.2, 0) is 6.54 Å². The number of anilines is 2. The molecule has 2 heterocycles. The Hall–Kier alpha value is -1.92. The van der Waals surface area contributed by atoms with Crippen molar-refractivity contribution >= 4 is 33.1 Å². The second kappa shape index (κ2) is 6.02. The molecule has 20 heavy (non-hydrogen) atoms. The van der Waals surface area contributed by atoms with Crippen LogP contribution in [0.2, 0.25) is 0 Å². The Morgan fingerprint density at radius 2 is 2.20 bits per heavy atom. The fourth-order valence-electron chi connectivity index (χ4n) is 1.92. The Labute approximate surface area is 121 Å². The molecule has 2 aromatic heterocycles. The smallest absolute Gasteiger partial charge is 0.320 e. The summed E-state index contributed by atoms with van der Waals surface area (Å²) in [4.78, 5) is 0. The molecule has 5 nitrogen and oxygen atoms in total. The number of nitrogens with zero attached hydrogens (tertiary/aromatic N) is 2. The van der Waals surface area contributed by atoms with Crippen LogP contribution in [0.1, 0.15) is 19.2 Å². The van der Waals surface area contributed by atoms with Gasteiger partial charge < -0.3 is 15.1 Å². The molecule has 2 N–H and O–H groups in total. The maximum Gasteiger partial charge on any atom is 0.320 e. The molecular weight excluding hydrogens is 272 g/mol. The zero-order valence-electron chi connectivity index (χ0n) is 11.2. The van der Waals surface area contributed by atoms with Gasteiger partial charge in [-0.1, -0.05) is 12.0 Å². The zero-order chi connectivity index (χ0) is 13.8. The fourth-order valence-corrected chi connectivity index (χ4v) is 2.69. The lowest BCUT2D eigenvalue weighted by atomic mass is 10.2. The van der Waals surface area contributed by atoms with Gasteiger partial charge in [-0.2, -0.15) is 0 Å². The third-order valence-electron chi connectivity index (χ3n) is 2.87. The van der Waals surface area contributed by atoms with E-state index in [-0.39, 0.29) is 0 Å². The number of aromatic nitrogens is 2. The van der Waals surface area contributed by atoms with Gasteiger partial charge in [0.1, 0.15) is 0 Å². The first-order valence-electron chi connectivity index (χ1n) is 6.62. The van der Waals surface area contributed by atoms with Gasteiger partial charge in [0, 0.05) is 10.4 Å². The van der Waals surface area contributed by atoms with Crippen molar-refractivity contribution < 1.29 is 4.42 Å². The second-order valence-corrected chi connectivity index (χ2v) is 5.42. The van der Waals surface area contributed by atoms with E-state index in [1.165, 1.54) is 10.1 Å². The standard InChI is InChI=1S/C14H16N4OS/c1-2-6-15-9-13-17-18-14(19-13)16-11-3-4-12-10(8-11)5-7-20-12/h3-5,7-8,15H,2,6,9H2,1H3,(H,16,18). The van der Waals surface area contributed by atoms with E-state index < -0.39 is 0 Å². The largest absolute Gasteiger partial charge is 0.406 e. The molecule has 0 aliphatic carbocycles. The van der Waals surface area contributed by atoms with Crippen molar-refractivity contribution in [1.29, 1.82) is 0 Å². The highest BCUT2D eigenvalue weighted by molar-refractivity contribution is 7.17. The monoisotopic (exact) mass is 288 g/mol. The van der Waals surface area contributed by atoms with E-state index in [0.29, 0.717) is 18.5 Å². The van der Waals surface area contributed by atoms with E-state index >= 15 is 0 Å². The van der Waals surface area contributed by atoms with Crippen molar-refractivity contribution in [3.8, 4) is 0 Å². The van der Waals surface area contributed by atoms with Gasteiger partial charge in [-0.3, -0.25) is 0 Å². The van der Waals surface area contributed by atoms with Crippen LogP contribution in [0.15, 0.2) is 34.1 Å². The summed E-state index contributed by atoms with van der Waals surface area (Å²) in [6, 6.07) is 8.69. The summed E-state index contributed by atoms with van der Waals surface area (Å²) in [7, 11) is 0. The molecule has 3 rings (SSSR count). The molecule has 0 unspecified atom stereocenters. The zero-order valence-corrected chi connectivity index (χ0v) is 12.0. The average molecular weight is 288 g/mol. The third-order valence-corrected chi connectivity index (χ3v) is 3.77. The molecule has 0 spiro atoms. The van der Waals surface area contributed by atoms with Gasteiger partial charge in [-0.05, 0) is 48.0 Å². The van der Waals surface area contributed by atoms with Gasteiger partial charge in [-0.15, -0.1) is 16.4 Å². The summed E-state index contributed by atoms with van der Waals surface area (Å²) >= 11 is 1.73. The third kappa shape index (κ3) is 2.97. The molecule has 3 aromatic rings. The van der Waals surface area contributed by atoms with Gasteiger partial charge in [0.25, 0.3) is 0 Å². The Morgan fingerprint density at radius 3 is 3.10 bits per heavy atom. The molecule has 1 aromatic carbocycles. The first kappa shape index (κ1) is 13.1. The average Bonchev–Trinajstić information content (AvgIpc) is 3.08. The van der Waals surface area contributed by atoms with Crippen molar-refractivity contribution in [2.45, 2.75) is 19.9 Å². The van der Waals surface area contributed by atoms with E-state index in [9.17, 15) is 0 Å². The number of benzene rings is 1. The Morgan fingerprint density at radius 1 is 1.25 bits per heavy atom. The highest BCUT2D eigenvalue weighted by atomic mass is 32.1. The Kier molecular flexibility index (Phi) is 3.94. The molecule has 0 fully saturated rings. The molecule has 104 valence electrons. The number of fused-ring (bicyclic) bond motifs is 1. The van der Waals surface area contributed by atoms with Crippen molar-refractivity contribution in [3.63, 3.8) is 0 Å². The second-order valence-electron chi connectivity index (χ2n) is 4.48. The SMILES string of the molecule is CCCNCc1nnc(Nc2ccc3sccc3c2)o1. The highest BCUT2D eigenvalue weighted by Gasteiger charge is 2.06. The van der Waals surface area contributed by atoms with E-state index in [0.717, 1.165) is 18.7 Å². The highest BCUT2D eigenvalue weighted by Crippen LogP contribution is 2.25. The Bertz CT molecular complexity index is 691. The number of thiophene rings is 1. The number of hydrogen-bond donors (Lipinski definition) is 2. The number of rotatable bonds is 6. The van der Waals surface area contributed by atoms with Crippen LogP contribution in [0.3, 0.4) is 0 Å². The lowest BCUT2D eigenvalue weighted by Crippen LogP contribution is -2.13. The Balaban J connectivity index is 1.67. The maximum atomic E-state index is 5.53. The summed E-state index contributed by atoms with van der Waals surface area (Å²) in [6.07, 6.45) is 1.08.